The van der Waals surface area contributed by atoms with Crippen LogP contribution in [0.5, 0.6) is 11.5 Å². The van der Waals surface area contributed by atoms with Gasteiger partial charge < -0.3 is 24.0 Å². The Balaban J connectivity index is 1.06. The maximum Gasteiger partial charge on any atom is 0.318 e. The second-order valence-electron chi connectivity index (χ2n) is 10.2. The molecule has 5 rings (SSSR count). The molecule has 2 unspecified atom stereocenters. The van der Waals surface area contributed by atoms with Gasteiger partial charge in [-0.05, 0) is 43.7 Å². The van der Waals surface area contributed by atoms with E-state index in [4.69, 9.17) is 14.2 Å². The number of carbonyl (C=O) groups is 1. The van der Waals surface area contributed by atoms with Gasteiger partial charge in [-0.2, -0.15) is 0 Å². The van der Waals surface area contributed by atoms with Crippen molar-refractivity contribution in [1.82, 2.24) is 9.80 Å². The number of methoxy groups -OCH3 is 1. The van der Waals surface area contributed by atoms with Crippen molar-refractivity contribution in [2.75, 3.05) is 53.0 Å². The quantitative estimate of drug-likeness (QED) is 0.406. The summed E-state index contributed by atoms with van der Waals surface area (Å²) >= 11 is 0. The normalized spacial score (nSPS) is 23.2. The molecule has 188 valence electrons. The first-order valence-corrected chi connectivity index (χ1v) is 13.2. The summed E-state index contributed by atoms with van der Waals surface area (Å²) in [4.78, 5) is 18.3. The molecule has 35 heavy (non-hydrogen) atoms. The summed E-state index contributed by atoms with van der Waals surface area (Å²) in [7, 11) is 1.85. The number of piperazine rings is 1. The number of nitrogens with zero attached hydrogens (tertiary/aromatic N) is 2. The summed E-state index contributed by atoms with van der Waals surface area (Å²) < 4.78 is 17.4. The zero-order chi connectivity index (χ0) is 24.0. The van der Waals surface area contributed by atoms with Gasteiger partial charge in [0.2, 0.25) is 0 Å². The Kier molecular flexibility index (Phi) is 8.02. The van der Waals surface area contributed by atoms with E-state index in [9.17, 15) is 4.79 Å². The molecule has 6 heteroatoms. The second-order valence-corrected chi connectivity index (χ2v) is 10.2. The zero-order valence-electron chi connectivity index (χ0n) is 20.9. The first-order valence-electron chi connectivity index (χ1n) is 13.2. The molecule has 2 heterocycles. The Morgan fingerprint density at radius 3 is 2.29 bits per heavy atom. The summed E-state index contributed by atoms with van der Waals surface area (Å²) in [5.74, 6) is 1.62. The summed E-state index contributed by atoms with van der Waals surface area (Å²) in [5, 5.41) is 0. The van der Waals surface area contributed by atoms with Crippen LogP contribution in [0.1, 0.15) is 49.1 Å². The molecule has 6 nitrogen and oxygen atoms in total. The number of hydrogen-bond donors (Lipinski definition) is 0. The van der Waals surface area contributed by atoms with Crippen LogP contribution in [-0.4, -0.2) is 74.9 Å². The average Bonchev–Trinajstić information content (AvgIpc) is 2.90. The maximum absolute atomic E-state index is 13.1. The number of carbonyl (C=O) groups excluding carboxylic acids is 1. The molecule has 2 aromatic rings. The van der Waals surface area contributed by atoms with Crippen molar-refractivity contribution in [3.8, 4) is 11.5 Å². The van der Waals surface area contributed by atoms with Gasteiger partial charge in [0.1, 0.15) is 17.4 Å². The van der Waals surface area contributed by atoms with Crippen LogP contribution in [0.4, 0.5) is 0 Å². The van der Waals surface area contributed by atoms with Crippen LogP contribution in [0.25, 0.3) is 0 Å². The molecule has 0 radical (unpaired) electrons. The van der Waals surface area contributed by atoms with E-state index in [2.05, 4.69) is 9.80 Å². The van der Waals surface area contributed by atoms with Crippen LogP contribution in [0.3, 0.4) is 0 Å². The predicted octanol–water partition coefficient (Wildman–Crippen LogP) is 4.68. The van der Waals surface area contributed by atoms with Gasteiger partial charge in [-0.15, -0.1) is 0 Å². The van der Waals surface area contributed by atoms with Gasteiger partial charge in [-0.1, -0.05) is 42.8 Å². The molecule has 2 fully saturated rings. The van der Waals surface area contributed by atoms with Crippen molar-refractivity contribution in [3.63, 3.8) is 0 Å². The van der Waals surface area contributed by atoms with Crippen molar-refractivity contribution >= 4 is 5.97 Å². The Bertz CT molecular complexity index is 943. The summed E-state index contributed by atoms with van der Waals surface area (Å²) in [5.41, 5.74) is 1.75. The van der Waals surface area contributed by atoms with E-state index < -0.39 is 5.92 Å². The molecule has 0 amide bonds. The molecular weight excluding hydrogens is 440 g/mol. The lowest BCUT2D eigenvalue weighted by molar-refractivity contribution is -0.144. The van der Waals surface area contributed by atoms with Gasteiger partial charge in [-0.3, -0.25) is 4.79 Å². The van der Waals surface area contributed by atoms with Crippen LogP contribution in [-0.2, 0) is 14.3 Å². The minimum atomic E-state index is -0.433. The minimum absolute atomic E-state index is 0.195. The van der Waals surface area contributed by atoms with Crippen LogP contribution in [0.2, 0.25) is 0 Å². The number of fused-ring (bicyclic) bond motifs is 2. The molecule has 0 N–H and O–H groups in total. The van der Waals surface area contributed by atoms with E-state index in [1.165, 1.54) is 32.2 Å². The highest BCUT2D eigenvalue weighted by Gasteiger charge is 2.33. The molecular formula is C29H38N2O4. The number of benzene rings is 2. The molecule has 0 bridgehead atoms. The third kappa shape index (κ3) is 5.88. The largest absolute Gasteiger partial charge is 0.465 e. The van der Waals surface area contributed by atoms with Gasteiger partial charge in [0.15, 0.2) is 0 Å². The predicted molar refractivity (Wildman–Crippen MR) is 136 cm³/mol. The second kappa shape index (κ2) is 11.5. The number of rotatable bonds is 8. The van der Waals surface area contributed by atoms with Gasteiger partial charge in [-0.25, -0.2) is 0 Å². The van der Waals surface area contributed by atoms with E-state index in [0.29, 0.717) is 12.7 Å². The molecule has 2 aliphatic heterocycles. The van der Waals surface area contributed by atoms with E-state index in [1.807, 2.05) is 55.6 Å². The van der Waals surface area contributed by atoms with Crippen molar-refractivity contribution in [1.29, 1.82) is 0 Å². The molecule has 1 saturated carbocycles. The molecule has 3 aliphatic rings. The maximum atomic E-state index is 13.1. The van der Waals surface area contributed by atoms with Gasteiger partial charge in [0, 0.05) is 57.5 Å². The Morgan fingerprint density at radius 1 is 0.943 bits per heavy atom. The van der Waals surface area contributed by atoms with E-state index in [0.717, 1.165) is 67.7 Å². The van der Waals surface area contributed by atoms with Crippen LogP contribution in [0, 0.1) is 5.92 Å². The fourth-order valence-corrected chi connectivity index (χ4v) is 5.89. The number of para-hydroxylation sites is 2. The smallest absolute Gasteiger partial charge is 0.318 e. The average molecular weight is 479 g/mol. The Morgan fingerprint density at radius 2 is 1.60 bits per heavy atom. The monoisotopic (exact) mass is 478 g/mol. The SMILES string of the molecule is COC1CCCC(CN2CCN(CCCOC(=O)C3c4ccccc4Oc4ccccc43)CC2)C1. The van der Waals surface area contributed by atoms with Crippen LogP contribution in [0.15, 0.2) is 48.5 Å². The number of esters is 1. The van der Waals surface area contributed by atoms with Gasteiger partial charge >= 0.3 is 5.97 Å². The van der Waals surface area contributed by atoms with Gasteiger partial charge in [0.25, 0.3) is 0 Å². The lowest BCUT2D eigenvalue weighted by atomic mass is 9.86. The highest BCUT2D eigenvalue weighted by Crippen LogP contribution is 2.44. The van der Waals surface area contributed by atoms with Crippen molar-refractivity contribution in [2.24, 2.45) is 5.92 Å². The van der Waals surface area contributed by atoms with E-state index in [-0.39, 0.29) is 5.97 Å². The first-order chi connectivity index (χ1) is 17.2. The molecule has 0 spiro atoms. The molecule has 1 saturated heterocycles. The molecule has 0 aromatic heterocycles. The van der Waals surface area contributed by atoms with Crippen molar-refractivity contribution in [2.45, 2.75) is 44.1 Å². The minimum Gasteiger partial charge on any atom is -0.465 e. The van der Waals surface area contributed by atoms with Gasteiger partial charge in [0.05, 0.1) is 12.7 Å². The van der Waals surface area contributed by atoms with E-state index in [1.54, 1.807) is 0 Å². The third-order valence-electron chi connectivity index (χ3n) is 7.83. The lowest BCUT2D eigenvalue weighted by Crippen LogP contribution is -2.48. The first kappa shape index (κ1) is 24.3. The molecule has 2 aromatic carbocycles. The van der Waals surface area contributed by atoms with E-state index >= 15 is 0 Å². The summed E-state index contributed by atoms with van der Waals surface area (Å²) in [6, 6.07) is 15.5. The number of hydrogen-bond acceptors (Lipinski definition) is 6. The fraction of sp³-hybridized carbons (Fsp3) is 0.552. The van der Waals surface area contributed by atoms with Crippen molar-refractivity contribution in [3.05, 3.63) is 59.7 Å². The third-order valence-corrected chi connectivity index (χ3v) is 7.83. The molecule has 2 atom stereocenters. The Hall–Kier alpha value is -2.41. The topological polar surface area (TPSA) is 51.2 Å². The highest BCUT2D eigenvalue weighted by atomic mass is 16.5. The summed E-state index contributed by atoms with van der Waals surface area (Å²) in [6.07, 6.45) is 6.39. The highest BCUT2D eigenvalue weighted by molar-refractivity contribution is 5.85. The molecule has 1 aliphatic carbocycles. The standard InChI is InChI=1S/C29H38N2O4/c1-33-23-9-6-8-22(20-23)21-31-17-15-30(16-18-31)14-7-19-34-29(32)28-24-10-2-4-12-26(24)35-27-13-5-3-11-25(27)28/h2-5,10-13,22-23,28H,6-9,14-21H2,1H3. The van der Waals surface area contributed by atoms with Crippen molar-refractivity contribution < 1.29 is 19.0 Å². The summed E-state index contributed by atoms with van der Waals surface area (Å²) in [6.45, 7) is 7.06. The number of ether oxygens (including phenoxy) is 3. The lowest BCUT2D eigenvalue weighted by Gasteiger charge is -2.38. The van der Waals surface area contributed by atoms with Crippen LogP contribution < -0.4 is 4.74 Å². The van der Waals surface area contributed by atoms with Crippen LogP contribution >= 0.6 is 0 Å². The fourth-order valence-electron chi connectivity index (χ4n) is 5.89. The Labute approximate surface area is 209 Å². The zero-order valence-corrected chi connectivity index (χ0v) is 20.9.